The molecule has 1 aromatic carbocycles. The first-order chi connectivity index (χ1) is 9.92. The molecule has 0 saturated heterocycles. The van der Waals surface area contributed by atoms with Crippen LogP contribution in [0.15, 0.2) is 12.1 Å². The number of hydrazine groups is 1. The van der Waals surface area contributed by atoms with Gasteiger partial charge >= 0.3 is 0 Å². The molecule has 0 saturated carbocycles. The Balaban J connectivity index is 3.09. The van der Waals surface area contributed by atoms with Crippen LogP contribution in [0.4, 0.5) is 15.8 Å². The molecule has 1 aromatic rings. The first-order valence-electron chi connectivity index (χ1n) is 6.62. The molecule has 1 amide bonds. The Kier molecular flexibility index (Phi) is 6.04. The van der Waals surface area contributed by atoms with Gasteiger partial charge in [0, 0.05) is 13.6 Å². The second-order valence-electron chi connectivity index (χ2n) is 4.68. The van der Waals surface area contributed by atoms with Crippen LogP contribution < -0.4 is 11.3 Å². The fourth-order valence-electron chi connectivity index (χ4n) is 1.90. The van der Waals surface area contributed by atoms with E-state index < -0.39 is 22.3 Å². The van der Waals surface area contributed by atoms with Gasteiger partial charge in [-0.15, -0.1) is 0 Å². The molecule has 0 heterocycles. The van der Waals surface area contributed by atoms with E-state index in [0.717, 1.165) is 25.3 Å². The summed E-state index contributed by atoms with van der Waals surface area (Å²) < 4.78 is 13.5. The Hall–Kier alpha value is -2.22. The van der Waals surface area contributed by atoms with E-state index in [1.165, 1.54) is 4.90 Å². The molecule has 0 fully saturated rings. The van der Waals surface area contributed by atoms with Crippen molar-refractivity contribution >= 4 is 17.3 Å². The van der Waals surface area contributed by atoms with Crippen LogP contribution in [0.25, 0.3) is 0 Å². The molecule has 0 aliphatic rings. The number of carbonyl (C=O) groups excluding carboxylic acids is 1. The molecule has 0 radical (unpaired) electrons. The summed E-state index contributed by atoms with van der Waals surface area (Å²) in [4.78, 5) is 23.9. The van der Waals surface area contributed by atoms with Crippen LogP contribution in [-0.2, 0) is 0 Å². The molecular formula is C13H19FN4O3. The molecule has 0 unspecified atom stereocenters. The minimum atomic E-state index is -0.880. The zero-order valence-corrected chi connectivity index (χ0v) is 12.1. The molecular weight excluding hydrogens is 279 g/mol. The lowest BCUT2D eigenvalue weighted by Gasteiger charge is -2.17. The topological polar surface area (TPSA) is 102 Å². The van der Waals surface area contributed by atoms with E-state index in [9.17, 15) is 19.3 Å². The molecule has 7 nitrogen and oxygen atoms in total. The molecule has 1 rings (SSSR count). The zero-order chi connectivity index (χ0) is 16.0. The second-order valence-corrected chi connectivity index (χ2v) is 4.68. The van der Waals surface area contributed by atoms with Crippen LogP contribution in [0.5, 0.6) is 0 Å². The Labute approximate surface area is 122 Å². The number of amides is 1. The average molecular weight is 298 g/mol. The van der Waals surface area contributed by atoms with E-state index in [1.54, 1.807) is 7.05 Å². The van der Waals surface area contributed by atoms with Gasteiger partial charge in [-0.3, -0.25) is 20.8 Å². The smallest absolute Gasteiger partial charge is 0.285 e. The van der Waals surface area contributed by atoms with Crippen molar-refractivity contribution in [2.24, 2.45) is 5.84 Å². The van der Waals surface area contributed by atoms with Crippen LogP contribution in [0.3, 0.4) is 0 Å². The first-order valence-corrected chi connectivity index (χ1v) is 6.62. The van der Waals surface area contributed by atoms with Crippen molar-refractivity contribution in [2.45, 2.75) is 26.2 Å². The molecule has 21 heavy (non-hydrogen) atoms. The third-order valence-electron chi connectivity index (χ3n) is 3.11. The molecule has 0 atom stereocenters. The maximum absolute atomic E-state index is 13.5. The number of nitrogens with zero attached hydrogens (tertiary/aromatic N) is 2. The number of halogens is 1. The number of benzene rings is 1. The Bertz CT molecular complexity index is 536. The second kappa shape index (κ2) is 7.53. The minimum absolute atomic E-state index is 0.161. The molecule has 8 heteroatoms. The lowest BCUT2D eigenvalue weighted by molar-refractivity contribution is -0.385. The van der Waals surface area contributed by atoms with Crippen molar-refractivity contribution in [2.75, 3.05) is 19.0 Å². The monoisotopic (exact) mass is 298 g/mol. The van der Waals surface area contributed by atoms with Gasteiger partial charge in [0.15, 0.2) is 5.82 Å². The van der Waals surface area contributed by atoms with Gasteiger partial charge in [-0.25, -0.2) is 4.39 Å². The van der Waals surface area contributed by atoms with Crippen LogP contribution >= 0.6 is 0 Å². The number of hydrogen-bond donors (Lipinski definition) is 2. The van der Waals surface area contributed by atoms with Crippen molar-refractivity contribution in [1.29, 1.82) is 0 Å². The molecule has 0 bridgehead atoms. The van der Waals surface area contributed by atoms with Crippen molar-refractivity contribution in [3.05, 3.63) is 33.6 Å². The summed E-state index contributed by atoms with van der Waals surface area (Å²) in [6, 6.07) is 1.76. The molecule has 0 aliphatic carbocycles. The third-order valence-corrected chi connectivity index (χ3v) is 3.11. The number of nitro groups is 1. The van der Waals surface area contributed by atoms with Gasteiger partial charge in [-0.05, 0) is 12.5 Å². The van der Waals surface area contributed by atoms with Crippen molar-refractivity contribution < 1.29 is 14.1 Å². The molecule has 116 valence electrons. The summed E-state index contributed by atoms with van der Waals surface area (Å²) in [6.45, 7) is 2.51. The van der Waals surface area contributed by atoms with Crippen LogP contribution in [-0.4, -0.2) is 29.3 Å². The highest BCUT2D eigenvalue weighted by Gasteiger charge is 2.25. The summed E-state index contributed by atoms with van der Waals surface area (Å²) in [6.07, 6.45) is 2.76. The van der Waals surface area contributed by atoms with E-state index >= 15 is 0 Å². The van der Waals surface area contributed by atoms with Gasteiger partial charge < -0.3 is 10.3 Å². The van der Waals surface area contributed by atoms with E-state index in [-0.39, 0.29) is 11.3 Å². The maximum Gasteiger partial charge on any atom is 0.285 e. The number of nitrogens with two attached hydrogens (primary N) is 1. The number of rotatable bonds is 7. The predicted octanol–water partition coefficient (Wildman–Crippen LogP) is 2.28. The summed E-state index contributed by atoms with van der Waals surface area (Å²) in [5, 5.41) is 11.0. The standard InChI is InChI=1S/C13H19FN4O3/c1-3-4-5-6-17(2)13(19)9-7-11(16-15)10(14)8-12(9)18(20)21/h7-8,16H,3-6,15H2,1-2H3. The number of anilines is 1. The first kappa shape index (κ1) is 16.8. The number of carbonyl (C=O) groups is 1. The molecule has 0 spiro atoms. The van der Waals surface area contributed by atoms with E-state index in [2.05, 4.69) is 5.43 Å². The third kappa shape index (κ3) is 4.12. The van der Waals surface area contributed by atoms with Gasteiger partial charge in [0.1, 0.15) is 5.56 Å². The quantitative estimate of drug-likeness (QED) is 0.348. The largest absolute Gasteiger partial charge is 0.341 e. The lowest BCUT2D eigenvalue weighted by Crippen LogP contribution is -2.28. The fourth-order valence-corrected chi connectivity index (χ4v) is 1.90. The fraction of sp³-hybridized carbons (Fsp3) is 0.462. The SMILES string of the molecule is CCCCCN(C)C(=O)c1cc(NN)c(F)cc1[N+](=O)[O-]. The number of nitro benzene ring substituents is 1. The van der Waals surface area contributed by atoms with Crippen molar-refractivity contribution in [3.63, 3.8) is 0 Å². The van der Waals surface area contributed by atoms with E-state index in [1.807, 2.05) is 6.92 Å². The maximum atomic E-state index is 13.5. The number of nitrogen functional groups attached to an aromatic ring is 1. The number of unbranched alkanes of at least 4 members (excludes halogenated alkanes) is 2. The Morgan fingerprint density at radius 1 is 1.48 bits per heavy atom. The van der Waals surface area contributed by atoms with Gasteiger partial charge in [0.25, 0.3) is 11.6 Å². The summed E-state index contributed by atoms with van der Waals surface area (Å²) >= 11 is 0. The normalized spacial score (nSPS) is 10.3. The Morgan fingerprint density at radius 3 is 2.67 bits per heavy atom. The summed E-state index contributed by atoms with van der Waals surface area (Å²) in [7, 11) is 1.56. The predicted molar refractivity (Wildman–Crippen MR) is 77.4 cm³/mol. The van der Waals surface area contributed by atoms with Gasteiger partial charge in [-0.1, -0.05) is 19.8 Å². The van der Waals surface area contributed by atoms with Gasteiger partial charge in [0.2, 0.25) is 0 Å². The number of nitrogens with one attached hydrogen (secondary N) is 1. The molecule has 3 N–H and O–H groups in total. The van der Waals surface area contributed by atoms with Crippen LogP contribution in [0, 0.1) is 15.9 Å². The van der Waals surface area contributed by atoms with Gasteiger partial charge in [0.05, 0.1) is 16.7 Å². The Morgan fingerprint density at radius 2 is 2.14 bits per heavy atom. The van der Waals surface area contributed by atoms with Gasteiger partial charge in [-0.2, -0.15) is 0 Å². The van der Waals surface area contributed by atoms with E-state index in [0.29, 0.717) is 12.6 Å². The highest BCUT2D eigenvalue weighted by molar-refractivity contribution is 5.99. The number of hydrogen-bond acceptors (Lipinski definition) is 5. The van der Waals surface area contributed by atoms with Crippen molar-refractivity contribution in [1.82, 2.24) is 4.90 Å². The summed E-state index contributed by atoms with van der Waals surface area (Å²) in [5.74, 6) is 3.72. The highest BCUT2D eigenvalue weighted by Crippen LogP contribution is 2.26. The van der Waals surface area contributed by atoms with Crippen LogP contribution in [0.2, 0.25) is 0 Å². The molecule has 0 aromatic heterocycles. The van der Waals surface area contributed by atoms with Crippen LogP contribution in [0.1, 0.15) is 36.5 Å². The molecule has 0 aliphatic heterocycles. The zero-order valence-electron chi connectivity index (χ0n) is 12.1. The summed E-state index contributed by atoms with van der Waals surface area (Å²) in [5.41, 5.74) is 1.16. The van der Waals surface area contributed by atoms with Crippen molar-refractivity contribution in [3.8, 4) is 0 Å². The lowest BCUT2D eigenvalue weighted by atomic mass is 10.1. The highest BCUT2D eigenvalue weighted by atomic mass is 19.1. The minimum Gasteiger partial charge on any atom is -0.341 e. The van der Waals surface area contributed by atoms with E-state index in [4.69, 9.17) is 5.84 Å². The average Bonchev–Trinajstić information content (AvgIpc) is 2.46.